The van der Waals surface area contributed by atoms with Gasteiger partial charge in [-0.2, -0.15) is 5.10 Å². The maximum Gasteiger partial charge on any atom is 0.333 e. The molecule has 4 heterocycles. The summed E-state index contributed by atoms with van der Waals surface area (Å²) in [5.74, 6) is 0.410. The summed E-state index contributed by atoms with van der Waals surface area (Å²) in [4.78, 5) is 45.0. The van der Waals surface area contributed by atoms with E-state index in [1.807, 2.05) is 57.3 Å². The van der Waals surface area contributed by atoms with Crippen molar-refractivity contribution in [1.82, 2.24) is 23.8 Å². The van der Waals surface area contributed by atoms with Crippen molar-refractivity contribution in [2.24, 2.45) is 0 Å². The first-order valence-corrected chi connectivity index (χ1v) is 15.2. The molecule has 11 heteroatoms. The summed E-state index contributed by atoms with van der Waals surface area (Å²) >= 11 is 1.33. The van der Waals surface area contributed by atoms with Gasteiger partial charge >= 0.3 is 5.69 Å². The van der Waals surface area contributed by atoms with Crippen molar-refractivity contribution >= 4 is 27.5 Å². The lowest BCUT2D eigenvalue weighted by Gasteiger charge is -2.35. The molecule has 0 spiro atoms. The molecule has 0 bridgehead atoms. The fourth-order valence-corrected chi connectivity index (χ4v) is 7.06. The number of rotatable bonds is 9. The molecule has 1 aliphatic rings. The Morgan fingerprint density at radius 3 is 2.45 bits per heavy atom. The van der Waals surface area contributed by atoms with Crippen LogP contribution in [-0.4, -0.2) is 56.0 Å². The van der Waals surface area contributed by atoms with Gasteiger partial charge in [0.05, 0.1) is 25.1 Å². The number of amides is 1. The molecule has 5 rings (SSSR count). The quantitative estimate of drug-likeness (QED) is 0.280. The van der Waals surface area contributed by atoms with Crippen LogP contribution in [0.5, 0.6) is 5.75 Å². The Balaban J connectivity index is 1.76. The molecule has 1 atom stereocenters. The Labute approximate surface area is 249 Å². The molecular weight excluding hydrogens is 554 g/mol. The number of likely N-dealkylation sites (tertiary alicyclic amines) is 1. The second-order valence-electron chi connectivity index (χ2n) is 11.5. The standard InChI is InChI=1S/C31H39N5O5S/c1-20(2)41-24(22-13-8-9-14-23(22)40-6)19-34-28-25(21(3)27(42-28)35-18-12-15-32-35)26(37)36(30(34)39)31(4,5)29(38)33-16-10-7-11-17-33/h8-9,12-15,18,20,24H,7,10-11,16-17,19H2,1-6H3/t24-/m0/s1. The van der Waals surface area contributed by atoms with Crippen LogP contribution in [0.1, 0.15) is 64.2 Å². The van der Waals surface area contributed by atoms with Gasteiger partial charge in [0.2, 0.25) is 5.91 Å². The Hall–Kier alpha value is -3.70. The SMILES string of the molecule is COc1ccccc1[C@H](Cn1c(=O)n(C(C)(C)C(=O)N2CCCCC2)c(=O)c2c(C)c(-n3cccn3)sc21)OC(C)C. The van der Waals surface area contributed by atoms with Crippen LogP contribution in [0.2, 0.25) is 0 Å². The van der Waals surface area contributed by atoms with Gasteiger partial charge in [-0.25, -0.2) is 14.0 Å². The van der Waals surface area contributed by atoms with E-state index in [0.29, 0.717) is 34.6 Å². The second-order valence-corrected chi connectivity index (χ2v) is 12.5. The summed E-state index contributed by atoms with van der Waals surface area (Å²) < 4.78 is 16.5. The van der Waals surface area contributed by atoms with E-state index in [1.165, 1.54) is 11.3 Å². The van der Waals surface area contributed by atoms with Crippen molar-refractivity contribution in [3.8, 4) is 10.8 Å². The molecule has 224 valence electrons. The fraction of sp³-hybridized carbons (Fsp3) is 0.484. The smallest absolute Gasteiger partial charge is 0.333 e. The normalized spacial score (nSPS) is 15.0. The van der Waals surface area contributed by atoms with Crippen molar-refractivity contribution in [2.75, 3.05) is 20.2 Å². The van der Waals surface area contributed by atoms with Gasteiger partial charge in [0.15, 0.2) is 0 Å². The van der Waals surface area contributed by atoms with E-state index in [0.717, 1.165) is 34.4 Å². The van der Waals surface area contributed by atoms with Gasteiger partial charge in [-0.3, -0.25) is 14.2 Å². The molecule has 0 unspecified atom stereocenters. The molecule has 1 amide bonds. The summed E-state index contributed by atoms with van der Waals surface area (Å²) in [6.07, 6.45) is 5.64. The lowest BCUT2D eigenvalue weighted by molar-refractivity contribution is -0.140. The molecule has 1 aliphatic heterocycles. The average Bonchev–Trinajstić information content (AvgIpc) is 3.62. The number of methoxy groups -OCH3 is 1. The van der Waals surface area contributed by atoms with Crippen LogP contribution in [0.25, 0.3) is 15.2 Å². The van der Waals surface area contributed by atoms with Crippen LogP contribution < -0.4 is 16.0 Å². The first-order chi connectivity index (χ1) is 20.1. The molecular formula is C31H39N5O5S. The van der Waals surface area contributed by atoms with Crippen molar-refractivity contribution in [3.63, 3.8) is 0 Å². The number of carbonyl (C=O) groups is 1. The molecule has 0 aliphatic carbocycles. The highest BCUT2D eigenvalue weighted by Gasteiger charge is 2.39. The minimum atomic E-state index is -1.40. The third kappa shape index (κ3) is 5.31. The highest BCUT2D eigenvalue weighted by Crippen LogP contribution is 2.34. The minimum absolute atomic E-state index is 0.112. The molecule has 1 aromatic carbocycles. The van der Waals surface area contributed by atoms with E-state index >= 15 is 0 Å². The third-order valence-electron chi connectivity index (χ3n) is 7.90. The van der Waals surface area contributed by atoms with Gasteiger partial charge in [0.1, 0.15) is 27.2 Å². The van der Waals surface area contributed by atoms with Crippen LogP contribution in [0.4, 0.5) is 0 Å². The third-order valence-corrected chi connectivity index (χ3v) is 9.20. The number of piperidine rings is 1. The summed E-state index contributed by atoms with van der Waals surface area (Å²) in [5.41, 5.74) is -0.946. The highest BCUT2D eigenvalue weighted by molar-refractivity contribution is 7.21. The monoisotopic (exact) mass is 593 g/mol. The van der Waals surface area contributed by atoms with Gasteiger partial charge in [-0.15, -0.1) is 0 Å². The number of para-hydroxylation sites is 1. The molecule has 0 saturated carbocycles. The Kier molecular flexibility index (Phi) is 8.43. The largest absolute Gasteiger partial charge is 0.496 e. The number of fused-ring (bicyclic) bond motifs is 1. The first kappa shape index (κ1) is 29.8. The number of carbonyl (C=O) groups excluding carboxylic acids is 1. The number of benzene rings is 1. The molecule has 1 fully saturated rings. The maximum atomic E-state index is 14.5. The number of hydrogen-bond acceptors (Lipinski definition) is 7. The molecule has 0 radical (unpaired) electrons. The zero-order chi connectivity index (χ0) is 30.2. The van der Waals surface area contributed by atoms with Gasteiger partial charge in [-0.05, 0) is 66.0 Å². The molecule has 0 N–H and O–H groups in total. The molecule has 10 nitrogen and oxygen atoms in total. The van der Waals surface area contributed by atoms with E-state index in [4.69, 9.17) is 9.47 Å². The topological polar surface area (TPSA) is 101 Å². The van der Waals surface area contributed by atoms with E-state index in [-0.39, 0.29) is 18.6 Å². The van der Waals surface area contributed by atoms with Crippen LogP contribution in [-0.2, 0) is 21.6 Å². The molecule has 1 saturated heterocycles. The van der Waals surface area contributed by atoms with Gasteiger partial charge < -0.3 is 14.4 Å². The van der Waals surface area contributed by atoms with Crippen molar-refractivity contribution in [3.05, 3.63) is 74.7 Å². The Morgan fingerprint density at radius 1 is 1.10 bits per heavy atom. The Morgan fingerprint density at radius 2 is 1.81 bits per heavy atom. The van der Waals surface area contributed by atoms with Crippen LogP contribution in [0, 0.1) is 6.92 Å². The van der Waals surface area contributed by atoms with Crippen LogP contribution >= 0.6 is 11.3 Å². The van der Waals surface area contributed by atoms with E-state index in [9.17, 15) is 14.4 Å². The summed E-state index contributed by atoms with van der Waals surface area (Å²) in [6.45, 7) is 10.4. The number of thiophene rings is 1. The number of aromatic nitrogens is 4. The fourth-order valence-electron chi connectivity index (χ4n) is 5.82. The van der Waals surface area contributed by atoms with Gasteiger partial charge in [-0.1, -0.05) is 29.5 Å². The van der Waals surface area contributed by atoms with Crippen LogP contribution in [0.3, 0.4) is 0 Å². The number of nitrogens with zero attached hydrogens (tertiary/aromatic N) is 5. The van der Waals surface area contributed by atoms with E-state index in [1.54, 1.807) is 41.3 Å². The predicted molar refractivity (Wildman–Crippen MR) is 164 cm³/mol. The summed E-state index contributed by atoms with van der Waals surface area (Å²) in [7, 11) is 1.60. The minimum Gasteiger partial charge on any atom is -0.496 e. The lowest BCUT2D eigenvalue weighted by Crippen LogP contribution is -2.57. The molecule has 42 heavy (non-hydrogen) atoms. The summed E-state index contributed by atoms with van der Waals surface area (Å²) in [5, 5.41) is 5.51. The summed E-state index contributed by atoms with van der Waals surface area (Å²) in [6, 6.07) is 9.37. The highest BCUT2D eigenvalue weighted by atomic mass is 32.1. The first-order valence-electron chi connectivity index (χ1n) is 14.4. The van der Waals surface area contributed by atoms with Crippen LogP contribution in [0.15, 0.2) is 52.3 Å². The van der Waals surface area contributed by atoms with Gasteiger partial charge in [0, 0.05) is 36.6 Å². The van der Waals surface area contributed by atoms with E-state index < -0.39 is 22.9 Å². The number of aryl methyl sites for hydroxylation is 1. The second kappa shape index (κ2) is 11.9. The van der Waals surface area contributed by atoms with Crippen molar-refractivity contribution in [1.29, 1.82) is 0 Å². The Bertz CT molecular complexity index is 1690. The zero-order valence-electron chi connectivity index (χ0n) is 25.1. The molecule has 3 aromatic heterocycles. The van der Waals surface area contributed by atoms with E-state index in [2.05, 4.69) is 5.10 Å². The predicted octanol–water partition coefficient (Wildman–Crippen LogP) is 4.64. The number of hydrogen-bond donors (Lipinski definition) is 0. The molecule has 4 aromatic rings. The lowest BCUT2D eigenvalue weighted by atomic mass is 10.00. The van der Waals surface area contributed by atoms with Crippen molar-refractivity contribution < 1.29 is 14.3 Å². The zero-order valence-corrected chi connectivity index (χ0v) is 25.9. The average molecular weight is 594 g/mol. The van der Waals surface area contributed by atoms with Gasteiger partial charge in [0.25, 0.3) is 5.56 Å². The number of ether oxygens (including phenoxy) is 2. The van der Waals surface area contributed by atoms with Crippen molar-refractivity contribution in [2.45, 2.75) is 78.2 Å². The maximum absolute atomic E-state index is 14.5.